The standard InChI is InChI=1S/C9H13NO3/c11-9(12)8-7(5-1-2-5)10(8)6-3-13-4-6/h5-8H,1-4H2,(H,11,12). The first kappa shape index (κ1) is 7.76. The number of hydrogen-bond acceptors (Lipinski definition) is 3. The van der Waals surface area contributed by atoms with E-state index in [2.05, 4.69) is 4.90 Å². The molecule has 2 saturated heterocycles. The molecule has 0 aromatic carbocycles. The Labute approximate surface area is 76.5 Å². The number of carboxylic acid groups (broad SMARTS) is 1. The Kier molecular flexibility index (Phi) is 1.46. The summed E-state index contributed by atoms with van der Waals surface area (Å²) < 4.78 is 5.08. The number of ether oxygens (including phenoxy) is 1. The molecular formula is C9H13NO3. The van der Waals surface area contributed by atoms with Crippen molar-refractivity contribution in [2.45, 2.75) is 31.0 Å². The van der Waals surface area contributed by atoms with Crippen LogP contribution < -0.4 is 0 Å². The van der Waals surface area contributed by atoms with Gasteiger partial charge in [-0.2, -0.15) is 0 Å². The van der Waals surface area contributed by atoms with Gasteiger partial charge < -0.3 is 9.84 Å². The number of aliphatic carboxylic acids is 1. The highest BCUT2D eigenvalue weighted by Gasteiger charge is 2.62. The zero-order valence-corrected chi connectivity index (χ0v) is 7.35. The van der Waals surface area contributed by atoms with Gasteiger partial charge in [-0.3, -0.25) is 9.69 Å². The van der Waals surface area contributed by atoms with E-state index in [1.165, 1.54) is 12.8 Å². The highest BCUT2D eigenvalue weighted by molar-refractivity contribution is 5.78. The predicted molar refractivity (Wildman–Crippen MR) is 44.4 cm³/mol. The lowest BCUT2D eigenvalue weighted by Crippen LogP contribution is -2.42. The van der Waals surface area contributed by atoms with E-state index in [0.29, 0.717) is 18.0 Å². The van der Waals surface area contributed by atoms with Crippen LogP contribution in [0, 0.1) is 5.92 Å². The molecule has 2 heterocycles. The van der Waals surface area contributed by atoms with E-state index in [9.17, 15) is 4.79 Å². The van der Waals surface area contributed by atoms with E-state index in [0.717, 1.165) is 13.2 Å². The van der Waals surface area contributed by atoms with Gasteiger partial charge in [-0.15, -0.1) is 0 Å². The van der Waals surface area contributed by atoms with Gasteiger partial charge in [0.05, 0.1) is 19.3 Å². The zero-order chi connectivity index (χ0) is 9.00. The summed E-state index contributed by atoms with van der Waals surface area (Å²) in [4.78, 5) is 13.0. The highest BCUT2D eigenvalue weighted by Crippen LogP contribution is 2.48. The second-order valence-electron chi connectivity index (χ2n) is 4.25. The summed E-state index contributed by atoms with van der Waals surface area (Å²) in [6.45, 7) is 1.46. The van der Waals surface area contributed by atoms with Crippen molar-refractivity contribution in [1.82, 2.24) is 4.90 Å². The lowest BCUT2D eigenvalue weighted by molar-refractivity contribution is -0.138. The molecule has 3 unspecified atom stereocenters. The van der Waals surface area contributed by atoms with Crippen molar-refractivity contribution in [3.63, 3.8) is 0 Å². The van der Waals surface area contributed by atoms with Crippen molar-refractivity contribution < 1.29 is 14.6 Å². The second kappa shape index (κ2) is 2.45. The topological polar surface area (TPSA) is 49.5 Å². The van der Waals surface area contributed by atoms with E-state index in [4.69, 9.17) is 9.84 Å². The smallest absolute Gasteiger partial charge is 0.322 e. The Morgan fingerprint density at radius 3 is 2.46 bits per heavy atom. The number of nitrogens with zero attached hydrogens (tertiary/aromatic N) is 1. The molecule has 3 fully saturated rings. The van der Waals surface area contributed by atoms with E-state index >= 15 is 0 Å². The number of hydrogen-bond donors (Lipinski definition) is 1. The maximum atomic E-state index is 10.9. The van der Waals surface area contributed by atoms with E-state index < -0.39 is 5.97 Å². The molecule has 3 atom stereocenters. The Balaban J connectivity index is 1.69. The van der Waals surface area contributed by atoms with Crippen LogP contribution in [0.2, 0.25) is 0 Å². The van der Waals surface area contributed by atoms with Crippen LogP contribution in [0.1, 0.15) is 12.8 Å². The summed E-state index contributed by atoms with van der Waals surface area (Å²) >= 11 is 0. The molecular weight excluding hydrogens is 170 g/mol. The van der Waals surface area contributed by atoms with Gasteiger partial charge in [0.1, 0.15) is 6.04 Å². The molecule has 2 aliphatic heterocycles. The normalized spacial score (nSPS) is 44.2. The van der Waals surface area contributed by atoms with Crippen LogP contribution in [0.25, 0.3) is 0 Å². The van der Waals surface area contributed by atoms with Crippen LogP contribution in [-0.4, -0.2) is 47.3 Å². The number of carbonyl (C=O) groups is 1. The first-order chi connectivity index (χ1) is 6.29. The van der Waals surface area contributed by atoms with Crippen LogP contribution >= 0.6 is 0 Å². The van der Waals surface area contributed by atoms with Crippen LogP contribution in [0.4, 0.5) is 0 Å². The molecule has 4 heteroatoms. The Bertz CT molecular complexity index is 247. The molecule has 0 aromatic heterocycles. The van der Waals surface area contributed by atoms with Crippen LogP contribution in [0.3, 0.4) is 0 Å². The molecule has 0 amide bonds. The van der Waals surface area contributed by atoms with E-state index in [1.807, 2.05) is 0 Å². The van der Waals surface area contributed by atoms with Crippen molar-refractivity contribution in [3.8, 4) is 0 Å². The summed E-state index contributed by atoms with van der Waals surface area (Å²) in [5, 5.41) is 8.96. The molecule has 1 aliphatic carbocycles. The van der Waals surface area contributed by atoms with Crippen LogP contribution in [0.5, 0.6) is 0 Å². The predicted octanol–water partition coefficient (Wildman–Crippen LogP) is -0.0674. The third-order valence-corrected chi connectivity index (χ3v) is 3.30. The lowest BCUT2D eigenvalue weighted by atomic mass is 10.2. The SMILES string of the molecule is O=C(O)C1C(C2CC2)N1C1COC1. The third-order valence-electron chi connectivity index (χ3n) is 3.30. The maximum Gasteiger partial charge on any atom is 0.322 e. The van der Waals surface area contributed by atoms with Gasteiger partial charge in [0.15, 0.2) is 0 Å². The number of carboxylic acids is 1. The summed E-state index contributed by atoms with van der Waals surface area (Å²) in [5.74, 6) is 0.0190. The summed E-state index contributed by atoms with van der Waals surface area (Å²) in [6.07, 6.45) is 2.44. The molecule has 1 N–H and O–H groups in total. The fraction of sp³-hybridized carbons (Fsp3) is 0.889. The molecule has 1 saturated carbocycles. The second-order valence-corrected chi connectivity index (χ2v) is 4.25. The van der Waals surface area contributed by atoms with Gasteiger partial charge in [0, 0.05) is 6.04 Å². The molecule has 3 aliphatic rings. The van der Waals surface area contributed by atoms with Crippen molar-refractivity contribution >= 4 is 5.97 Å². The van der Waals surface area contributed by atoms with Crippen molar-refractivity contribution in [3.05, 3.63) is 0 Å². The highest BCUT2D eigenvalue weighted by atomic mass is 16.5. The number of rotatable bonds is 3. The van der Waals surface area contributed by atoms with E-state index in [-0.39, 0.29) is 6.04 Å². The van der Waals surface area contributed by atoms with Crippen molar-refractivity contribution in [2.24, 2.45) is 5.92 Å². The molecule has 4 nitrogen and oxygen atoms in total. The lowest BCUT2D eigenvalue weighted by Gasteiger charge is -2.28. The van der Waals surface area contributed by atoms with E-state index in [1.54, 1.807) is 0 Å². The summed E-state index contributed by atoms with van der Waals surface area (Å²) in [6, 6.07) is 0.541. The Hall–Kier alpha value is -0.610. The Morgan fingerprint density at radius 2 is 2.08 bits per heavy atom. The molecule has 72 valence electrons. The molecule has 3 rings (SSSR count). The third kappa shape index (κ3) is 1.09. The zero-order valence-electron chi connectivity index (χ0n) is 7.35. The van der Waals surface area contributed by atoms with Crippen LogP contribution in [0.15, 0.2) is 0 Å². The fourth-order valence-electron chi connectivity index (χ4n) is 2.35. The van der Waals surface area contributed by atoms with Gasteiger partial charge in [0.25, 0.3) is 0 Å². The molecule has 13 heavy (non-hydrogen) atoms. The minimum Gasteiger partial charge on any atom is -0.480 e. The van der Waals surface area contributed by atoms with Crippen LogP contribution in [-0.2, 0) is 9.53 Å². The fourth-order valence-corrected chi connectivity index (χ4v) is 2.35. The first-order valence-corrected chi connectivity index (χ1v) is 4.87. The van der Waals surface area contributed by atoms with Crippen molar-refractivity contribution in [1.29, 1.82) is 0 Å². The quantitative estimate of drug-likeness (QED) is 0.622. The average Bonchev–Trinajstić information content (AvgIpc) is 2.72. The minimum absolute atomic E-state index is 0.193. The summed E-state index contributed by atoms with van der Waals surface area (Å²) in [7, 11) is 0. The van der Waals surface area contributed by atoms with Gasteiger partial charge in [0.2, 0.25) is 0 Å². The first-order valence-electron chi connectivity index (χ1n) is 4.87. The van der Waals surface area contributed by atoms with Gasteiger partial charge in [-0.25, -0.2) is 0 Å². The summed E-state index contributed by atoms with van der Waals surface area (Å²) in [5.41, 5.74) is 0. The van der Waals surface area contributed by atoms with Gasteiger partial charge in [-0.05, 0) is 18.8 Å². The monoisotopic (exact) mass is 183 g/mol. The molecule has 0 aromatic rings. The van der Waals surface area contributed by atoms with Gasteiger partial charge in [-0.1, -0.05) is 0 Å². The molecule has 0 radical (unpaired) electrons. The van der Waals surface area contributed by atoms with Crippen molar-refractivity contribution in [2.75, 3.05) is 13.2 Å². The molecule has 0 bridgehead atoms. The Morgan fingerprint density at radius 1 is 1.38 bits per heavy atom. The average molecular weight is 183 g/mol. The van der Waals surface area contributed by atoms with Gasteiger partial charge >= 0.3 is 5.97 Å². The maximum absolute atomic E-state index is 10.9. The molecule has 0 spiro atoms. The minimum atomic E-state index is -0.649. The largest absolute Gasteiger partial charge is 0.480 e.